The molecule has 5 N–H and O–H groups in total. The summed E-state index contributed by atoms with van der Waals surface area (Å²) < 4.78 is 0. The van der Waals surface area contributed by atoms with Crippen LogP contribution in [0.5, 0.6) is 0 Å². The van der Waals surface area contributed by atoms with Gasteiger partial charge >= 0.3 is 0 Å². The van der Waals surface area contributed by atoms with E-state index >= 15 is 0 Å². The maximum absolute atomic E-state index is 11.9. The van der Waals surface area contributed by atoms with Gasteiger partial charge in [-0.2, -0.15) is 0 Å². The molecule has 1 aromatic heterocycles. The molecule has 0 aliphatic heterocycles. The fourth-order valence-electron chi connectivity index (χ4n) is 2.46. The number of hydrogen-bond donors (Lipinski definition) is 4. The molecule has 2 rings (SSSR count). The van der Waals surface area contributed by atoms with Crippen LogP contribution in [0, 0.1) is 0 Å². The Balaban J connectivity index is 1.86. The summed E-state index contributed by atoms with van der Waals surface area (Å²) in [7, 11) is 0. The molecular formula is C20H28N6O2S. The number of aromatic nitrogens is 1. The van der Waals surface area contributed by atoms with E-state index in [2.05, 4.69) is 32.9 Å². The maximum atomic E-state index is 11.9. The van der Waals surface area contributed by atoms with Crippen LogP contribution in [0.4, 0.5) is 0 Å². The number of aryl methyl sites for hydroxylation is 1. The first-order valence-electron chi connectivity index (χ1n) is 9.63. The third kappa shape index (κ3) is 7.90. The first-order valence-corrected chi connectivity index (χ1v) is 10.4. The van der Waals surface area contributed by atoms with Crippen LogP contribution in [0.2, 0.25) is 0 Å². The number of hydrogen-bond acceptors (Lipinski definition) is 5. The van der Waals surface area contributed by atoms with Crippen molar-refractivity contribution in [2.24, 2.45) is 10.7 Å². The van der Waals surface area contributed by atoms with Gasteiger partial charge in [0, 0.05) is 36.1 Å². The minimum Gasteiger partial charge on any atom is -0.368 e. The second-order valence-electron chi connectivity index (χ2n) is 6.29. The number of aliphatic imine (C=N–C) groups is 1. The number of primary amides is 1. The van der Waals surface area contributed by atoms with E-state index in [9.17, 15) is 9.59 Å². The zero-order chi connectivity index (χ0) is 21.1. The van der Waals surface area contributed by atoms with Crippen LogP contribution in [0.3, 0.4) is 0 Å². The van der Waals surface area contributed by atoms with Crippen LogP contribution < -0.4 is 21.7 Å². The molecule has 0 spiro atoms. The van der Waals surface area contributed by atoms with Crippen molar-refractivity contribution in [3.63, 3.8) is 0 Å². The van der Waals surface area contributed by atoms with Crippen LogP contribution in [-0.4, -0.2) is 42.4 Å². The number of benzene rings is 1. The molecule has 0 radical (unpaired) electrons. The number of nitrogens with zero attached hydrogens (tertiary/aromatic N) is 2. The highest BCUT2D eigenvalue weighted by Crippen LogP contribution is 2.13. The SMILES string of the molecule is CCNC(=NCc1ccc(C(=O)NCC(N)=O)cc1)NCCc1ncc(CC)s1. The van der Waals surface area contributed by atoms with Crippen molar-refractivity contribution in [3.05, 3.63) is 51.5 Å². The molecule has 0 aliphatic rings. The quantitative estimate of drug-likeness (QED) is 0.343. The largest absolute Gasteiger partial charge is 0.368 e. The molecule has 9 heteroatoms. The van der Waals surface area contributed by atoms with Crippen molar-refractivity contribution in [1.82, 2.24) is 20.9 Å². The summed E-state index contributed by atoms with van der Waals surface area (Å²) in [5, 5.41) is 10.1. The van der Waals surface area contributed by atoms with E-state index in [1.165, 1.54) is 4.88 Å². The number of guanidine groups is 1. The number of amides is 2. The lowest BCUT2D eigenvalue weighted by molar-refractivity contribution is -0.117. The Hall–Kier alpha value is -2.94. The molecule has 0 unspecified atom stereocenters. The second kappa shape index (κ2) is 11.8. The van der Waals surface area contributed by atoms with Gasteiger partial charge in [0.05, 0.1) is 18.1 Å². The molecule has 0 atom stereocenters. The van der Waals surface area contributed by atoms with Crippen molar-refractivity contribution in [1.29, 1.82) is 0 Å². The molecule has 2 amide bonds. The van der Waals surface area contributed by atoms with Gasteiger partial charge in [0.1, 0.15) is 0 Å². The summed E-state index contributed by atoms with van der Waals surface area (Å²) in [5.74, 6) is -0.168. The number of carbonyl (C=O) groups excluding carboxylic acids is 2. The van der Waals surface area contributed by atoms with Crippen LogP contribution in [0.25, 0.3) is 0 Å². The number of thiazole rings is 1. The van der Waals surface area contributed by atoms with Crippen molar-refractivity contribution in [2.45, 2.75) is 33.2 Å². The number of nitrogens with one attached hydrogen (secondary N) is 3. The minimum absolute atomic E-state index is 0.177. The molecular weight excluding hydrogens is 388 g/mol. The van der Waals surface area contributed by atoms with Crippen molar-refractivity contribution < 1.29 is 9.59 Å². The summed E-state index contributed by atoms with van der Waals surface area (Å²) in [6.45, 7) is 5.97. The monoisotopic (exact) mass is 416 g/mol. The standard InChI is InChI=1S/C20H28N6O2S/c1-3-16-12-24-18(29-16)9-10-23-20(22-4-2)26-11-14-5-7-15(8-6-14)19(28)25-13-17(21)27/h5-8,12H,3-4,9-11,13H2,1-2H3,(H2,21,27)(H,25,28)(H2,22,23,26). The smallest absolute Gasteiger partial charge is 0.251 e. The molecule has 0 aliphatic carbocycles. The van der Waals surface area contributed by atoms with Gasteiger partial charge in [0.25, 0.3) is 5.91 Å². The first kappa shape index (κ1) is 22.4. The lowest BCUT2D eigenvalue weighted by Gasteiger charge is -2.11. The van der Waals surface area contributed by atoms with Gasteiger partial charge < -0.3 is 21.7 Å². The average molecular weight is 417 g/mol. The summed E-state index contributed by atoms with van der Waals surface area (Å²) in [4.78, 5) is 33.0. The molecule has 156 valence electrons. The Labute approximate surface area is 175 Å². The topological polar surface area (TPSA) is 122 Å². The van der Waals surface area contributed by atoms with E-state index < -0.39 is 5.91 Å². The Morgan fingerprint density at radius 2 is 1.90 bits per heavy atom. The van der Waals surface area contributed by atoms with Gasteiger partial charge in [0.2, 0.25) is 5.91 Å². The fraction of sp³-hybridized carbons (Fsp3) is 0.400. The molecule has 0 saturated heterocycles. The first-order chi connectivity index (χ1) is 14.0. The van der Waals surface area contributed by atoms with E-state index in [0.717, 1.165) is 42.5 Å². The van der Waals surface area contributed by atoms with Crippen LogP contribution >= 0.6 is 11.3 Å². The third-order valence-corrected chi connectivity index (χ3v) is 5.19. The highest BCUT2D eigenvalue weighted by Gasteiger charge is 2.06. The Morgan fingerprint density at radius 3 is 2.52 bits per heavy atom. The molecule has 0 bridgehead atoms. The van der Waals surface area contributed by atoms with Gasteiger partial charge in [-0.05, 0) is 31.0 Å². The molecule has 29 heavy (non-hydrogen) atoms. The molecule has 1 heterocycles. The number of nitrogens with two attached hydrogens (primary N) is 1. The van der Waals surface area contributed by atoms with Crippen LogP contribution in [-0.2, 0) is 24.2 Å². The third-order valence-electron chi connectivity index (χ3n) is 3.98. The highest BCUT2D eigenvalue weighted by molar-refractivity contribution is 7.11. The van der Waals surface area contributed by atoms with Crippen molar-refractivity contribution in [3.8, 4) is 0 Å². The maximum Gasteiger partial charge on any atom is 0.251 e. The normalized spacial score (nSPS) is 11.2. The summed E-state index contributed by atoms with van der Waals surface area (Å²) in [5.41, 5.74) is 6.47. The second-order valence-corrected chi connectivity index (χ2v) is 7.49. The summed E-state index contributed by atoms with van der Waals surface area (Å²) >= 11 is 1.75. The zero-order valence-corrected chi connectivity index (χ0v) is 17.6. The molecule has 2 aromatic rings. The van der Waals surface area contributed by atoms with Gasteiger partial charge in [0.15, 0.2) is 5.96 Å². The summed E-state index contributed by atoms with van der Waals surface area (Å²) in [6.07, 6.45) is 3.81. The minimum atomic E-state index is -0.576. The molecule has 0 saturated carbocycles. The Morgan fingerprint density at radius 1 is 1.14 bits per heavy atom. The van der Waals surface area contributed by atoms with Gasteiger partial charge in [-0.25, -0.2) is 9.98 Å². The van der Waals surface area contributed by atoms with Gasteiger partial charge in [-0.3, -0.25) is 9.59 Å². The molecule has 1 aromatic carbocycles. The lowest BCUT2D eigenvalue weighted by atomic mass is 10.1. The van der Waals surface area contributed by atoms with E-state index in [1.807, 2.05) is 25.3 Å². The van der Waals surface area contributed by atoms with E-state index in [-0.39, 0.29) is 12.5 Å². The zero-order valence-electron chi connectivity index (χ0n) is 16.8. The van der Waals surface area contributed by atoms with E-state index in [0.29, 0.717) is 12.1 Å². The van der Waals surface area contributed by atoms with Crippen LogP contribution in [0.15, 0.2) is 35.5 Å². The Kier molecular flexibility index (Phi) is 9.10. The number of rotatable bonds is 10. The van der Waals surface area contributed by atoms with Gasteiger partial charge in [-0.15, -0.1) is 11.3 Å². The fourth-order valence-corrected chi connectivity index (χ4v) is 3.32. The molecule has 0 fully saturated rings. The van der Waals surface area contributed by atoms with Crippen molar-refractivity contribution >= 4 is 29.1 Å². The highest BCUT2D eigenvalue weighted by atomic mass is 32.1. The average Bonchev–Trinajstić information content (AvgIpc) is 3.18. The van der Waals surface area contributed by atoms with E-state index in [4.69, 9.17) is 5.73 Å². The van der Waals surface area contributed by atoms with Crippen molar-refractivity contribution in [2.75, 3.05) is 19.6 Å². The predicted molar refractivity (Wildman–Crippen MR) is 116 cm³/mol. The lowest BCUT2D eigenvalue weighted by Crippen LogP contribution is -2.38. The van der Waals surface area contributed by atoms with E-state index in [1.54, 1.807) is 23.5 Å². The summed E-state index contributed by atoms with van der Waals surface area (Å²) in [6, 6.07) is 7.09. The number of carbonyl (C=O) groups is 2. The Bertz CT molecular complexity index is 832. The van der Waals surface area contributed by atoms with Crippen LogP contribution in [0.1, 0.15) is 39.7 Å². The predicted octanol–water partition coefficient (Wildman–Crippen LogP) is 1.22. The molecule has 8 nitrogen and oxygen atoms in total. The van der Waals surface area contributed by atoms with Gasteiger partial charge in [-0.1, -0.05) is 19.1 Å².